The number of β-amino-alcohol motifs (C(OH)–C–C–N with tert-alkyl or cyclic N) is 1. The summed E-state index contributed by atoms with van der Waals surface area (Å²) in [5.74, 6) is -0.147. The highest BCUT2D eigenvalue weighted by atomic mass is 35.5. The van der Waals surface area contributed by atoms with Crippen molar-refractivity contribution in [3.05, 3.63) is 39.9 Å². The highest BCUT2D eigenvalue weighted by Crippen LogP contribution is 2.25. The van der Waals surface area contributed by atoms with Gasteiger partial charge in [0.05, 0.1) is 6.10 Å². The Hall–Kier alpha value is -1.03. The van der Waals surface area contributed by atoms with Gasteiger partial charge in [-0.1, -0.05) is 29.3 Å². The van der Waals surface area contributed by atoms with Crippen molar-refractivity contribution in [3.63, 3.8) is 0 Å². The largest absolute Gasteiger partial charge is 0.389 e. The number of amides is 1. The zero-order valence-electron chi connectivity index (χ0n) is 8.94. The summed E-state index contributed by atoms with van der Waals surface area (Å²) in [5.41, 5.74) is 0.630. The number of halogens is 2. The van der Waals surface area contributed by atoms with Crippen LogP contribution in [0.4, 0.5) is 0 Å². The van der Waals surface area contributed by atoms with Crippen molar-refractivity contribution in [3.8, 4) is 0 Å². The standard InChI is InChI=1S/C12H11Cl2NO2/c13-10-2-1-3-11(14)9(10)4-5-12(17)15-6-8(16)7-15/h1-5,8,16H,6-7H2/b5-4+. The van der Waals surface area contributed by atoms with E-state index in [2.05, 4.69) is 0 Å². The molecular formula is C12H11Cl2NO2. The Bertz CT molecular complexity index is 447. The SMILES string of the molecule is O=C(/C=C/c1c(Cl)cccc1Cl)N1CC(O)C1. The Balaban J connectivity index is 2.07. The molecule has 1 aliphatic heterocycles. The summed E-state index contributed by atoms with van der Waals surface area (Å²) in [6.07, 6.45) is 2.62. The molecule has 0 aromatic heterocycles. The lowest BCUT2D eigenvalue weighted by Crippen LogP contribution is -2.52. The Morgan fingerprint density at radius 2 is 1.94 bits per heavy atom. The predicted octanol–water partition coefficient (Wildman–Crippen LogP) is 2.21. The molecule has 3 nitrogen and oxygen atoms in total. The van der Waals surface area contributed by atoms with Gasteiger partial charge in [-0.15, -0.1) is 0 Å². The highest BCUT2D eigenvalue weighted by molar-refractivity contribution is 6.37. The molecule has 17 heavy (non-hydrogen) atoms. The minimum Gasteiger partial charge on any atom is -0.389 e. The lowest BCUT2D eigenvalue weighted by Gasteiger charge is -2.34. The lowest BCUT2D eigenvalue weighted by atomic mass is 10.1. The van der Waals surface area contributed by atoms with Gasteiger partial charge in [0.15, 0.2) is 0 Å². The maximum Gasteiger partial charge on any atom is 0.246 e. The van der Waals surface area contributed by atoms with Crippen LogP contribution in [0, 0.1) is 0 Å². The van der Waals surface area contributed by atoms with Gasteiger partial charge in [-0.2, -0.15) is 0 Å². The van der Waals surface area contributed by atoms with E-state index in [1.54, 1.807) is 29.2 Å². The van der Waals surface area contributed by atoms with Crippen molar-refractivity contribution >= 4 is 35.2 Å². The van der Waals surface area contributed by atoms with Crippen LogP contribution in [0.5, 0.6) is 0 Å². The summed E-state index contributed by atoms with van der Waals surface area (Å²) in [6.45, 7) is 0.777. The zero-order valence-corrected chi connectivity index (χ0v) is 10.4. The van der Waals surface area contributed by atoms with E-state index in [0.29, 0.717) is 28.7 Å². The van der Waals surface area contributed by atoms with Crippen molar-refractivity contribution in [2.24, 2.45) is 0 Å². The van der Waals surface area contributed by atoms with Gasteiger partial charge in [-0.25, -0.2) is 0 Å². The van der Waals surface area contributed by atoms with Crippen molar-refractivity contribution in [2.75, 3.05) is 13.1 Å². The molecule has 1 amide bonds. The molecule has 5 heteroatoms. The summed E-state index contributed by atoms with van der Waals surface area (Å²) in [6, 6.07) is 5.17. The smallest absolute Gasteiger partial charge is 0.246 e. The maximum atomic E-state index is 11.6. The average Bonchev–Trinajstić information content (AvgIpc) is 2.24. The first-order valence-electron chi connectivity index (χ1n) is 5.17. The number of aliphatic hydroxyl groups excluding tert-OH is 1. The van der Waals surface area contributed by atoms with Crippen LogP contribution in [0.2, 0.25) is 10.0 Å². The fourth-order valence-corrected chi connectivity index (χ4v) is 2.09. The molecule has 0 atom stereocenters. The third kappa shape index (κ3) is 2.80. The van der Waals surface area contributed by atoms with Crippen molar-refractivity contribution < 1.29 is 9.90 Å². The molecular weight excluding hydrogens is 261 g/mol. The van der Waals surface area contributed by atoms with Crippen LogP contribution < -0.4 is 0 Å². The summed E-state index contributed by atoms with van der Waals surface area (Å²) in [7, 11) is 0. The fraction of sp³-hybridized carbons (Fsp3) is 0.250. The molecule has 0 saturated carbocycles. The van der Waals surface area contributed by atoms with Crippen LogP contribution in [0.3, 0.4) is 0 Å². The number of carbonyl (C=O) groups is 1. The van der Waals surface area contributed by atoms with E-state index in [9.17, 15) is 4.79 Å². The molecule has 90 valence electrons. The Kier molecular flexibility index (Phi) is 3.72. The van der Waals surface area contributed by atoms with Gasteiger partial charge in [0.25, 0.3) is 0 Å². The van der Waals surface area contributed by atoms with Crippen LogP contribution in [0.25, 0.3) is 6.08 Å². The Morgan fingerprint density at radius 1 is 1.35 bits per heavy atom. The van der Waals surface area contributed by atoms with Gasteiger partial charge in [0.1, 0.15) is 0 Å². The van der Waals surface area contributed by atoms with E-state index in [1.165, 1.54) is 6.08 Å². The molecule has 0 aliphatic carbocycles. The first kappa shape index (κ1) is 12.4. The van der Waals surface area contributed by atoms with Gasteiger partial charge in [-0.3, -0.25) is 4.79 Å². The van der Waals surface area contributed by atoms with Gasteiger partial charge < -0.3 is 10.0 Å². The molecule has 1 aromatic rings. The normalized spacial score (nSPS) is 16.3. The summed E-state index contributed by atoms with van der Waals surface area (Å²) < 4.78 is 0. The predicted molar refractivity (Wildman–Crippen MR) is 68.1 cm³/mol. The van der Waals surface area contributed by atoms with E-state index in [-0.39, 0.29) is 5.91 Å². The second kappa shape index (κ2) is 5.08. The van der Waals surface area contributed by atoms with E-state index in [1.807, 2.05) is 0 Å². The second-order valence-electron chi connectivity index (χ2n) is 3.87. The Labute approximate surface area is 109 Å². The molecule has 1 aliphatic rings. The van der Waals surface area contributed by atoms with E-state index in [0.717, 1.165) is 0 Å². The molecule has 0 radical (unpaired) electrons. The molecule has 2 rings (SSSR count). The lowest BCUT2D eigenvalue weighted by molar-refractivity contribution is -0.135. The fourth-order valence-electron chi connectivity index (χ4n) is 1.57. The minimum atomic E-state index is -0.392. The topological polar surface area (TPSA) is 40.5 Å². The van der Waals surface area contributed by atoms with Crippen LogP contribution in [-0.4, -0.2) is 35.1 Å². The number of nitrogens with zero attached hydrogens (tertiary/aromatic N) is 1. The van der Waals surface area contributed by atoms with Gasteiger partial charge in [0.2, 0.25) is 5.91 Å². The number of carbonyl (C=O) groups excluding carboxylic acids is 1. The van der Waals surface area contributed by atoms with Crippen molar-refractivity contribution in [2.45, 2.75) is 6.10 Å². The quantitative estimate of drug-likeness (QED) is 0.838. The van der Waals surface area contributed by atoms with Gasteiger partial charge in [0, 0.05) is 34.8 Å². The number of hydrogen-bond donors (Lipinski definition) is 1. The van der Waals surface area contributed by atoms with Crippen LogP contribution in [0.15, 0.2) is 24.3 Å². The number of hydrogen-bond acceptors (Lipinski definition) is 2. The summed E-state index contributed by atoms with van der Waals surface area (Å²) in [4.78, 5) is 13.2. The first-order chi connectivity index (χ1) is 8.08. The van der Waals surface area contributed by atoms with Gasteiger partial charge in [-0.05, 0) is 18.2 Å². The molecule has 1 saturated heterocycles. The first-order valence-corrected chi connectivity index (χ1v) is 5.92. The van der Waals surface area contributed by atoms with E-state index >= 15 is 0 Å². The number of aliphatic hydroxyl groups is 1. The van der Waals surface area contributed by atoms with Crippen molar-refractivity contribution in [1.82, 2.24) is 4.90 Å². The van der Waals surface area contributed by atoms with Crippen molar-refractivity contribution in [1.29, 1.82) is 0 Å². The molecule has 1 fully saturated rings. The van der Waals surface area contributed by atoms with Crippen LogP contribution >= 0.6 is 23.2 Å². The third-order valence-electron chi connectivity index (χ3n) is 2.57. The van der Waals surface area contributed by atoms with Crippen LogP contribution in [0.1, 0.15) is 5.56 Å². The molecule has 1 N–H and O–H groups in total. The molecule has 0 spiro atoms. The number of benzene rings is 1. The maximum absolute atomic E-state index is 11.6. The van der Waals surface area contributed by atoms with Crippen LogP contribution in [-0.2, 0) is 4.79 Å². The summed E-state index contributed by atoms with van der Waals surface area (Å²) >= 11 is 11.9. The second-order valence-corrected chi connectivity index (χ2v) is 4.68. The molecule has 0 unspecified atom stereocenters. The minimum absolute atomic E-state index is 0.147. The average molecular weight is 272 g/mol. The highest BCUT2D eigenvalue weighted by Gasteiger charge is 2.27. The Morgan fingerprint density at radius 3 is 2.47 bits per heavy atom. The molecule has 0 bridgehead atoms. The monoisotopic (exact) mass is 271 g/mol. The van der Waals surface area contributed by atoms with Gasteiger partial charge >= 0.3 is 0 Å². The van der Waals surface area contributed by atoms with E-state index in [4.69, 9.17) is 28.3 Å². The zero-order chi connectivity index (χ0) is 12.4. The molecule has 1 heterocycles. The summed E-state index contributed by atoms with van der Waals surface area (Å²) in [5, 5.41) is 10.1. The van der Waals surface area contributed by atoms with E-state index < -0.39 is 6.10 Å². The third-order valence-corrected chi connectivity index (χ3v) is 3.23. The number of rotatable bonds is 2. The molecule has 1 aromatic carbocycles. The number of likely N-dealkylation sites (tertiary alicyclic amines) is 1.